The molecule has 2 N–H and O–H groups in total. The lowest BCUT2D eigenvalue weighted by molar-refractivity contribution is 0.147. The Labute approximate surface area is 143 Å². The molecule has 0 bridgehead atoms. The first-order valence-electron chi connectivity index (χ1n) is 7.12. The highest BCUT2D eigenvalue weighted by molar-refractivity contribution is 6.35. The SMILES string of the molecule is CC(N)C1CCN(CCOc2ccc(Cl)cc2Cl)CC1.Cl. The number of nitrogens with two attached hydrogens (primary N) is 1. The fourth-order valence-electron chi connectivity index (χ4n) is 2.58. The van der Waals surface area contributed by atoms with Gasteiger partial charge < -0.3 is 10.5 Å². The molecule has 6 heteroatoms. The second kappa shape index (κ2) is 9.06. The number of likely N-dealkylation sites (tertiary alicyclic amines) is 1. The lowest BCUT2D eigenvalue weighted by atomic mass is 9.91. The first kappa shape index (κ1) is 18.9. The number of halogens is 3. The summed E-state index contributed by atoms with van der Waals surface area (Å²) >= 11 is 11.9. The first-order valence-corrected chi connectivity index (χ1v) is 7.87. The van der Waals surface area contributed by atoms with Crippen LogP contribution in [0.2, 0.25) is 10.0 Å². The second-order valence-electron chi connectivity index (χ2n) is 5.46. The van der Waals surface area contributed by atoms with E-state index in [0.29, 0.717) is 34.4 Å². The summed E-state index contributed by atoms with van der Waals surface area (Å²) in [5.41, 5.74) is 5.95. The number of ether oxygens (including phenoxy) is 1. The van der Waals surface area contributed by atoms with Crippen LogP contribution in [0, 0.1) is 5.92 Å². The van der Waals surface area contributed by atoms with E-state index in [2.05, 4.69) is 11.8 Å². The average molecular weight is 354 g/mol. The van der Waals surface area contributed by atoms with E-state index in [1.807, 2.05) is 6.07 Å². The molecule has 0 spiro atoms. The molecule has 1 unspecified atom stereocenters. The first-order chi connectivity index (χ1) is 9.56. The van der Waals surface area contributed by atoms with Crippen molar-refractivity contribution in [2.45, 2.75) is 25.8 Å². The van der Waals surface area contributed by atoms with Crippen molar-refractivity contribution in [3.8, 4) is 5.75 Å². The number of rotatable bonds is 5. The van der Waals surface area contributed by atoms with Crippen LogP contribution in [0.25, 0.3) is 0 Å². The summed E-state index contributed by atoms with van der Waals surface area (Å²) in [7, 11) is 0. The van der Waals surface area contributed by atoms with Crippen molar-refractivity contribution in [3.63, 3.8) is 0 Å². The van der Waals surface area contributed by atoms with Crippen molar-refractivity contribution in [1.82, 2.24) is 4.90 Å². The summed E-state index contributed by atoms with van der Waals surface area (Å²) < 4.78 is 5.71. The molecular formula is C15H23Cl3N2O. The fourth-order valence-corrected chi connectivity index (χ4v) is 3.04. The predicted molar refractivity (Wildman–Crippen MR) is 92.0 cm³/mol. The van der Waals surface area contributed by atoms with Crippen molar-refractivity contribution >= 4 is 35.6 Å². The molecule has 1 aromatic carbocycles. The summed E-state index contributed by atoms with van der Waals surface area (Å²) in [6.45, 7) is 5.87. The minimum Gasteiger partial charge on any atom is -0.491 e. The third-order valence-electron chi connectivity index (χ3n) is 3.93. The summed E-state index contributed by atoms with van der Waals surface area (Å²) in [6.07, 6.45) is 2.36. The molecule has 1 atom stereocenters. The van der Waals surface area contributed by atoms with Crippen molar-refractivity contribution in [2.75, 3.05) is 26.2 Å². The molecule has 1 saturated heterocycles. The van der Waals surface area contributed by atoms with Gasteiger partial charge in [0, 0.05) is 17.6 Å². The summed E-state index contributed by atoms with van der Waals surface area (Å²) in [6, 6.07) is 5.61. The molecule has 1 aliphatic heterocycles. The predicted octanol–water partition coefficient (Wildman–Crippen LogP) is 3.85. The van der Waals surface area contributed by atoms with Crippen LogP contribution in [-0.2, 0) is 0 Å². The second-order valence-corrected chi connectivity index (χ2v) is 6.31. The smallest absolute Gasteiger partial charge is 0.138 e. The highest BCUT2D eigenvalue weighted by Crippen LogP contribution is 2.27. The Bertz CT molecular complexity index is 435. The normalized spacial score (nSPS) is 18.1. The lowest BCUT2D eigenvalue weighted by Gasteiger charge is -2.33. The molecule has 1 fully saturated rings. The third kappa shape index (κ3) is 5.84. The van der Waals surface area contributed by atoms with E-state index in [9.17, 15) is 0 Å². The van der Waals surface area contributed by atoms with Crippen LogP contribution in [0.4, 0.5) is 0 Å². The van der Waals surface area contributed by atoms with E-state index >= 15 is 0 Å². The topological polar surface area (TPSA) is 38.5 Å². The van der Waals surface area contributed by atoms with Crippen molar-refractivity contribution in [2.24, 2.45) is 11.7 Å². The molecule has 21 heavy (non-hydrogen) atoms. The monoisotopic (exact) mass is 352 g/mol. The van der Waals surface area contributed by atoms with Gasteiger partial charge in [-0.25, -0.2) is 0 Å². The molecule has 0 aliphatic carbocycles. The Hall–Kier alpha value is -0.190. The largest absolute Gasteiger partial charge is 0.491 e. The fraction of sp³-hybridized carbons (Fsp3) is 0.600. The molecule has 1 heterocycles. The van der Waals surface area contributed by atoms with Crippen LogP contribution in [0.15, 0.2) is 18.2 Å². The maximum Gasteiger partial charge on any atom is 0.138 e. The van der Waals surface area contributed by atoms with Gasteiger partial charge in [0.2, 0.25) is 0 Å². The third-order valence-corrected chi connectivity index (χ3v) is 4.47. The van der Waals surface area contributed by atoms with E-state index in [-0.39, 0.29) is 12.4 Å². The van der Waals surface area contributed by atoms with E-state index < -0.39 is 0 Å². The zero-order valence-electron chi connectivity index (χ0n) is 12.2. The zero-order valence-corrected chi connectivity index (χ0v) is 14.6. The molecule has 0 aromatic heterocycles. The van der Waals surface area contributed by atoms with Crippen LogP contribution < -0.4 is 10.5 Å². The molecule has 1 aromatic rings. The zero-order chi connectivity index (χ0) is 14.5. The van der Waals surface area contributed by atoms with E-state index in [0.717, 1.165) is 19.6 Å². The van der Waals surface area contributed by atoms with Gasteiger partial charge in [-0.05, 0) is 57.0 Å². The number of piperidine rings is 1. The highest BCUT2D eigenvalue weighted by atomic mass is 35.5. The Kier molecular flexibility index (Phi) is 8.14. The highest BCUT2D eigenvalue weighted by Gasteiger charge is 2.21. The van der Waals surface area contributed by atoms with Crippen LogP contribution in [-0.4, -0.2) is 37.2 Å². The molecule has 1 aliphatic rings. The standard InChI is InChI=1S/C15H22Cl2N2O.ClH/c1-11(18)12-4-6-19(7-5-12)8-9-20-15-3-2-13(16)10-14(15)17;/h2-3,10-12H,4-9,18H2,1H3;1H. The van der Waals surface area contributed by atoms with Gasteiger partial charge >= 0.3 is 0 Å². The minimum atomic E-state index is 0. The van der Waals surface area contributed by atoms with Crippen molar-refractivity contribution in [1.29, 1.82) is 0 Å². The maximum atomic E-state index is 6.07. The Morgan fingerprint density at radius 2 is 2.00 bits per heavy atom. The van der Waals surface area contributed by atoms with Gasteiger partial charge in [0.25, 0.3) is 0 Å². The summed E-state index contributed by atoms with van der Waals surface area (Å²) in [5.74, 6) is 1.36. The molecule has 0 amide bonds. The van der Waals surface area contributed by atoms with Crippen LogP contribution >= 0.6 is 35.6 Å². The lowest BCUT2D eigenvalue weighted by Crippen LogP contribution is -2.41. The Morgan fingerprint density at radius 1 is 1.33 bits per heavy atom. The average Bonchev–Trinajstić information content (AvgIpc) is 2.42. The summed E-state index contributed by atoms with van der Waals surface area (Å²) in [4.78, 5) is 2.42. The van der Waals surface area contributed by atoms with Gasteiger partial charge in [-0.15, -0.1) is 12.4 Å². The van der Waals surface area contributed by atoms with Gasteiger partial charge in [-0.3, -0.25) is 4.90 Å². The van der Waals surface area contributed by atoms with Gasteiger partial charge in [0.1, 0.15) is 12.4 Å². The Balaban J connectivity index is 0.00000220. The molecule has 2 rings (SSSR count). The van der Waals surface area contributed by atoms with Gasteiger partial charge in [0.05, 0.1) is 5.02 Å². The van der Waals surface area contributed by atoms with Crippen molar-refractivity contribution in [3.05, 3.63) is 28.2 Å². The number of hydrogen-bond acceptors (Lipinski definition) is 3. The van der Waals surface area contributed by atoms with Crippen LogP contribution in [0.5, 0.6) is 5.75 Å². The summed E-state index contributed by atoms with van der Waals surface area (Å²) in [5, 5.41) is 1.19. The number of hydrogen-bond donors (Lipinski definition) is 1. The van der Waals surface area contributed by atoms with Crippen LogP contribution in [0.1, 0.15) is 19.8 Å². The molecule has 0 saturated carbocycles. The quantitative estimate of drug-likeness (QED) is 0.873. The molecule has 3 nitrogen and oxygen atoms in total. The van der Waals surface area contributed by atoms with Gasteiger partial charge in [0.15, 0.2) is 0 Å². The number of nitrogens with zero attached hydrogens (tertiary/aromatic N) is 1. The van der Waals surface area contributed by atoms with E-state index in [1.165, 1.54) is 12.8 Å². The maximum absolute atomic E-state index is 6.07. The molecule has 120 valence electrons. The van der Waals surface area contributed by atoms with Gasteiger partial charge in [-0.1, -0.05) is 23.2 Å². The van der Waals surface area contributed by atoms with E-state index in [1.54, 1.807) is 12.1 Å². The van der Waals surface area contributed by atoms with Crippen molar-refractivity contribution < 1.29 is 4.74 Å². The van der Waals surface area contributed by atoms with E-state index in [4.69, 9.17) is 33.7 Å². The van der Waals surface area contributed by atoms with Crippen LogP contribution in [0.3, 0.4) is 0 Å². The molecule has 0 radical (unpaired) electrons. The number of benzene rings is 1. The molecular weight excluding hydrogens is 331 g/mol. The Morgan fingerprint density at radius 3 is 2.57 bits per heavy atom. The van der Waals surface area contributed by atoms with Gasteiger partial charge in [-0.2, -0.15) is 0 Å². The minimum absolute atomic E-state index is 0.